The van der Waals surface area contributed by atoms with E-state index in [-0.39, 0.29) is 6.04 Å². The molecule has 0 aliphatic carbocycles. The molecule has 1 aromatic heterocycles. The lowest BCUT2D eigenvalue weighted by atomic mass is 10.0. The lowest BCUT2D eigenvalue weighted by Crippen LogP contribution is -2.17. The summed E-state index contributed by atoms with van der Waals surface area (Å²) in [5.41, 5.74) is 1.10. The predicted octanol–water partition coefficient (Wildman–Crippen LogP) is 3.36. The molecule has 0 aliphatic rings. The Morgan fingerprint density at radius 2 is 2.18 bits per heavy atom. The van der Waals surface area contributed by atoms with Gasteiger partial charge in [-0.3, -0.25) is 0 Å². The van der Waals surface area contributed by atoms with E-state index in [1.807, 2.05) is 37.4 Å². The van der Waals surface area contributed by atoms with Crippen molar-refractivity contribution >= 4 is 15.9 Å². The fraction of sp³-hybridized carbons (Fsp3) is 0.231. The minimum Gasteiger partial charge on any atom is -0.497 e. The highest BCUT2D eigenvalue weighted by molar-refractivity contribution is 9.10. The Hall–Kier alpha value is -1.26. The van der Waals surface area contributed by atoms with Gasteiger partial charge in [0.1, 0.15) is 11.5 Å². The van der Waals surface area contributed by atoms with Crippen LogP contribution in [0.4, 0.5) is 0 Å². The molecule has 1 unspecified atom stereocenters. The van der Waals surface area contributed by atoms with Crippen molar-refractivity contribution in [3.05, 3.63) is 52.4 Å². The number of furan rings is 1. The van der Waals surface area contributed by atoms with Crippen molar-refractivity contribution in [1.29, 1.82) is 0 Å². The molecular weight excluding hydrogens is 282 g/mol. The topological polar surface area (TPSA) is 34.4 Å². The summed E-state index contributed by atoms with van der Waals surface area (Å²) >= 11 is 3.48. The van der Waals surface area contributed by atoms with Gasteiger partial charge in [0.05, 0.1) is 23.9 Å². The van der Waals surface area contributed by atoms with E-state index in [0.29, 0.717) is 0 Å². The molecule has 1 heterocycles. The summed E-state index contributed by atoms with van der Waals surface area (Å²) in [4.78, 5) is 0. The number of hydrogen-bond donors (Lipinski definition) is 1. The highest BCUT2D eigenvalue weighted by Crippen LogP contribution is 2.30. The van der Waals surface area contributed by atoms with Crippen LogP contribution in [0.15, 0.2) is 45.5 Å². The first-order valence-corrected chi connectivity index (χ1v) is 6.09. The minimum absolute atomic E-state index is 0.00877. The fourth-order valence-electron chi connectivity index (χ4n) is 1.78. The third-order valence-corrected chi connectivity index (χ3v) is 3.28. The summed E-state index contributed by atoms with van der Waals surface area (Å²) in [6.07, 6.45) is 1.67. The normalized spacial score (nSPS) is 12.4. The third kappa shape index (κ3) is 2.53. The highest BCUT2D eigenvalue weighted by atomic mass is 79.9. The zero-order chi connectivity index (χ0) is 12.3. The Balaban J connectivity index is 2.38. The molecule has 2 rings (SSSR count). The maximum atomic E-state index is 5.50. The molecule has 0 saturated carbocycles. The van der Waals surface area contributed by atoms with E-state index in [2.05, 4.69) is 21.2 Å². The molecule has 1 N–H and O–H groups in total. The first-order valence-electron chi connectivity index (χ1n) is 5.30. The molecule has 0 aliphatic heterocycles. The molecule has 0 spiro atoms. The molecule has 0 saturated heterocycles. The Morgan fingerprint density at radius 1 is 1.35 bits per heavy atom. The van der Waals surface area contributed by atoms with Crippen LogP contribution in [-0.4, -0.2) is 14.2 Å². The molecule has 0 bridgehead atoms. The zero-order valence-electron chi connectivity index (χ0n) is 9.74. The zero-order valence-corrected chi connectivity index (χ0v) is 11.3. The summed E-state index contributed by atoms with van der Waals surface area (Å²) in [6, 6.07) is 9.83. The average Bonchev–Trinajstić information content (AvgIpc) is 2.77. The summed E-state index contributed by atoms with van der Waals surface area (Å²) in [5, 5.41) is 3.23. The molecule has 17 heavy (non-hydrogen) atoms. The molecule has 1 aromatic carbocycles. The van der Waals surface area contributed by atoms with Gasteiger partial charge >= 0.3 is 0 Å². The van der Waals surface area contributed by atoms with Gasteiger partial charge in [0.25, 0.3) is 0 Å². The van der Waals surface area contributed by atoms with Crippen LogP contribution in [0.3, 0.4) is 0 Å². The van der Waals surface area contributed by atoms with Crippen molar-refractivity contribution in [2.24, 2.45) is 0 Å². The first-order chi connectivity index (χ1) is 8.26. The number of methoxy groups -OCH3 is 1. The number of rotatable bonds is 4. The van der Waals surface area contributed by atoms with Gasteiger partial charge in [-0.2, -0.15) is 0 Å². The van der Waals surface area contributed by atoms with Gasteiger partial charge in [0.15, 0.2) is 0 Å². The van der Waals surface area contributed by atoms with Gasteiger partial charge < -0.3 is 14.5 Å². The molecule has 0 fully saturated rings. The van der Waals surface area contributed by atoms with E-state index >= 15 is 0 Å². The van der Waals surface area contributed by atoms with E-state index in [0.717, 1.165) is 21.5 Å². The molecule has 0 amide bonds. The van der Waals surface area contributed by atoms with Gasteiger partial charge in [-0.05, 0) is 46.7 Å². The number of ether oxygens (including phenoxy) is 1. The van der Waals surface area contributed by atoms with Crippen LogP contribution in [0, 0.1) is 0 Å². The maximum absolute atomic E-state index is 5.50. The van der Waals surface area contributed by atoms with Crippen molar-refractivity contribution in [2.75, 3.05) is 14.2 Å². The number of halogens is 1. The highest BCUT2D eigenvalue weighted by Gasteiger charge is 2.18. The van der Waals surface area contributed by atoms with Gasteiger partial charge in [0.2, 0.25) is 0 Å². The van der Waals surface area contributed by atoms with E-state index in [1.54, 1.807) is 13.4 Å². The summed E-state index contributed by atoms with van der Waals surface area (Å²) < 4.78 is 11.7. The van der Waals surface area contributed by atoms with Gasteiger partial charge in [-0.1, -0.05) is 12.1 Å². The van der Waals surface area contributed by atoms with E-state index in [1.165, 1.54) is 0 Å². The van der Waals surface area contributed by atoms with Crippen LogP contribution in [0.1, 0.15) is 17.4 Å². The predicted molar refractivity (Wildman–Crippen MR) is 70.3 cm³/mol. The number of hydrogen-bond acceptors (Lipinski definition) is 3. The van der Waals surface area contributed by atoms with Crippen LogP contribution in [0.5, 0.6) is 5.75 Å². The van der Waals surface area contributed by atoms with Crippen molar-refractivity contribution in [3.8, 4) is 5.75 Å². The molecular formula is C13H14BrNO2. The summed E-state index contributed by atoms with van der Waals surface area (Å²) in [7, 11) is 3.56. The van der Waals surface area contributed by atoms with Crippen LogP contribution >= 0.6 is 15.9 Å². The van der Waals surface area contributed by atoms with Crippen LogP contribution < -0.4 is 10.1 Å². The second-order valence-electron chi connectivity index (χ2n) is 3.63. The molecule has 2 aromatic rings. The second-order valence-corrected chi connectivity index (χ2v) is 4.49. The number of benzene rings is 1. The van der Waals surface area contributed by atoms with Crippen LogP contribution in [0.25, 0.3) is 0 Å². The second kappa shape index (κ2) is 5.38. The van der Waals surface area contributed by atoms with Gasteiger partial charge in [-0.25, -0.2) is 0 Å². The van der Waals surface area contributed by atoms with Crippen LogP contribution in [0.2, 0.25) is 0 Å². The lowest BCUT2D eigenvalue weighted by molar-refractivity contribution is 0.412. The molecule has 90 valence electrons. The summed E-state index contributed by atoms with van der Waals surface area (Å²) in [6.45, 7) is 0. The Morgan fingerprint density at radius 3 is 2.76 bits per heavy atom. The van der Waals surface area contributed by atoms with Crippen molar-refractivity contribution < 1.29 is 9.15 Å². The Kier molecular flexibility index (Phi) is 3.86. The standard InChI is InChI=1S/C13H14BrNO2/c1-15-12(13-11(14)6-7-17-13)9-4-3-5-10(8-9)16-2/h3-8,12,15H,1-2H3. The van der Waals surface area contributed by atoms with Crippen molar-refractivity contribution in [1.82, 2.24) is 5.32 Å². The Labute approximate surface area is 109 Å². The smallest absolute Gasteiger partial charge is 0.139 e. The molecule has 0 radical (unpaired) electrons. The van der Waals surface area contributed by atoms with Crippen LogP contribution in [-0.2, 0) is 0 Å². The summed E-state index contributed by atoms with van der Waals surface area (Å²) in [5.74, 6) is 1.70. The fourth-order valence-corrected chi connectivity index (χ4v) is 2.21. The van der Waals surface area contributed by atoms with Gasteiger partial charge in [0, 0.05) is 0 Å². The number of nitrogens with one attached hydrogen (secondary N) is 1. The SMILES string of the molecule is CNC(c1cccc(OC)c1)c1occc1Br. The van der Waals surface area contributed by atoms with Crippen molar-refractivity contribution in [2.45, 2.75) is 6.04 Å². The first kappa shape index (κ1) is 12.2. The monoisotopic (exact) mass is 295 g/mol. The third-order valence-electron chi connectivity index (χ3n) is 2.62. The molecule has 4 heteroatoms. The lowest BCUT2D eigenvalue weighted by Gasteiger charge is -2.15. The largest absolute Gasteiger partial charge is 0.497 e. The average molecular weight is 296 g/mol. The quantitative estimate of drug-likeness (QED) is 0.939. The molecule has 3 nitrogen and oxygen atoms in total. The van der Waals surface area contributed by atoms with E-state index < -0.39 is 0 Å². The Bertz CT molecular complexity index is 496. The minimum atomic E-state index is 0.00877. The molecule has 1 atom stereocenters. The van der Waals surface area contributed by atoms with E-state index in [4.69, 9.17) is 9.15 Å². The van der Waals surface area contributed by atoms with Crippen molar-refractivity contribution in [3.63, 3.8) is 0 Å². The van der Waals surface area contributed by atoms with E-state index in [9.17, 15) is 0 Å². The maximum Gasteiger partial charge on any atom is 0.139 e. The van der Waals surface area contributed by atoms with Gasteiger partial charge in [-0.15, -0.1) is 0 Å².